The van der Waals surface area contributed by atoms with E-state index < -0.39 is 5.60 Å². The van der Waals surface area contributed by atoms with Gasteiger partial charge in [0, 0.05) is 13.6 Å². The molecule has 5 nitrogen and oxygen atoms in total. The first-order valence-corrected chi connectivity index (χ1v) is 6.06. The van der Waals surface area contributed by atoms with Gasteiger partial charge in [-0.3, -0.25) is 9.69 Å². The van der Waals surface area contributed by atoms with Crippen molar-refractivity contribution in [1.82, 2.24) is 9.80 Å². The average Bonchev–Trinajstić information content (AvgIpc) is 2.51. The van der Waals surface area contributed by atoms with Crippen molar-refractivity contribution in [2.45, 2.75) is 51.3 Å². The third-order valence-corrected chi connectivity index (χ3v) is 3.25. The maximum atomic E-state index is 12.1. The fourth-order valence-corrected chi connectivity index (χ4v) is 2.56. The Balaban J connectivity index is 2.12. The molecule has 2 aliphatic heterocycles. The molecule has 2 fully saturated rings. The molecule has 2 saturated heterocycles. The Morgan fingerprint density at radius 2 is 2.00 bits per heavy atom. The van der Waals surface area contributed by atoms with Gasteiger partial charge < -0.3 is 9.64 Å². The van der Waals surface area contributed by atoms with Gasteiger partial charge in [-0.2, -0.15) is 0 Å². The van der Waals surface area contributed by atoms with E-state index in [1.165, 1.54) is 0 Å². The Morgan fingerprint density at radius 1 is 1.35 bits per heavy atom. The molecule has 0 saturated carbocycles. The number of amides is 2. The van der Waals surface area contributed by atoms with Crippen LogP contribution in [0.3, 0.4) is 0 Å². The molecule has 96 valence electrons. The molecule has 0 aromatic carbocycles. The van der Waals surface area contributed by atoms with Gasteiger partial charge in [-0.05, 0) is 33.6 Å². The highest BCUT2D eigenvalue weighted by atomic mass is 16.6. The molecule has 0 aromatic rings. The number of fused-ring (bicyclic) bond motifs is 2. The van der Waals surface area contributed by atoms with E-state index in [1.54, 1.807) is 16.8 Å². The highest BCUT2D eigenvalue weighted by Crippen LogP contribution is 2.31. The van der Waals surface area contributed by atoms with E-state index in [0.29, 0.717) is 6.54 Å². The lowest BCUT2D eigenvalue weighted by Gasteiger charge is -2.39. The third kappa shape index (κ3) is 2.23. The van der Waals surface area contributed by atoms with Crippen LogP contribution < -0.4 is 0 Å². The van der Waals surface area contributed by atoms with Gasteiger partial charge in [-0.25, -0.2) is 4.79 Å². The van der Waals surface area contributed by atoms with Gasteiger partial charge in [0.25, 0.3) is 0 Å². The highest BCUT2D eigenvalue weighted by Gasteiger charge is 2.48. The summed E-state index contributed by atoms with van der Waals surface area (Å²) in [7, 11) is 1.79. The van der Waals surface area contributed by atoms with E-state index in [-0.39, 0.29) is 24.1 Å². The molecular weight excluding hydrogens is 220 g/mol. The minimum atomic E-state index is -0.511. The number of hydrogen-bond acceptors (Lipinski definition) is 3. The topological polar surface area (TPSA) is 49.9 Å². The number of nitrogens with zero attached hydrogens (tertiary/aromatic N) is 2. The van der Waals surface area contributed by atoms with E-state index in [9.17, 15) is 9.59 Å². The van der Waals surface area contributed by atoms with E-state index in [2.05, 4.69) is 0 Å². The standard InChI is InChI=1S/C12H20N2O3/c1-12(2,3)17-11(16)14-8-5-6-9(14)10(15)13(4)7-8/h8-9H,5-7H2,1-4H3/t8-,9+/m1/s1. The molecule has 0 N–H and O–H groups in total. The number of likely N-dealkylation sites (tertiary alicyclic amines) is 1. The Kier molecular flexibility index (Phi) is 2.79. The molecule has 2 amide bonds. The smallest absolute Gasteiger partial charge is 0.411 e. The molecule has 0 aromatic heterocycles. The lowest BCUT2D eigenvalue weighted by Crippen LogP contribution is -2.58. The van der Waals surface area contributed by atoms with Gasteiger partial charge in [0.05, 0.1) is 6.04 Å². The number of piperazine rings is 1. The summed E-state index contributed by atoms with van der Waals surface area (Å²) in [6.07, 6.45) is 1.29. The van der Waals surface area contributed by atoms with Crippen molar-refractivity contribution in [3.05, 3.63) is 0 Å². The van der Waals surface area contributed by atoms with Gasteiger partial charge in [-0.15, -0.1) is 0 Å². The largest absolute Gasteiger partial charge is 0.444 e. The van der Waals surface area contributed by atoms with Crippen LogP contribution in [-0.4, -0.2) is 53.1 Å². The molecule has 2 aliphatic rings. The second-order valence-electron chi connectivity index (χ2n) is 5.85. The van der Waals surface area contributed by atoms with Crippen molar-refractivity contribution in [2.75, 3.05) is 13.6 Å². The lowest BCUT2D eigenvalue weighted by molar-refractivity contribution is -0.139. The van der Waals surface area contributed by atoms with Crippen molar-refractivity contribution in [3.8, 4) is 0 Å². The van der Waals surface area contributed by atoms with Crippen LogP contribution in [0.1, 0.15) is 33.6 Å². The normalized spacial score (nSPS) is 28.6. The Hall–Kier alpha value is -1.26. The maximum Gasteiger partial charge on any atom is 0.411 e. The molecule has 0 spiro atoms. The summed E-state index contributed by atoms with van der Waals surface area (Å²) >= 11 is 0. The van der Waals surface area contributed by atoms with Crippen LogP contribution in [0, 0.1) is 0 Å². The quantitative estimate of drug-likeness (QED) is 0.640. The summed E-state index contributed by atoms with van der Waals surface area (Å²) in [5.74, 6) is 0.0320. The number of likely N-dealkylation sites (N-methyl/N-ethyl adjacent to an activating group) is 1. The molecular formula is C12H20N2O3. The SMILES string of the molecule is CN1C[C@H]2CC[C@@H](C1=O)N2C(=O)OC(C)(C)C. The zero-order chi connectivity index (χ0) is 12.8. The zero-order valence-corrected chi connectivity index (χ0v) is 10.9. The number of carbonyl (C=O) groups is 2. The van der Waals surface area contributed by atoms with Crippen LogP contribution in [0.5, 0.6) is 0 Å². The number of hydrogen-bond donors (Lipinski definition) is 0. The Labute approximate surface area is 102 Å². The van der Waals surface area contributed by atoms with E-state index >= 15 is 0 Å². The highest BCUT2D eigenvalue weighted by molar-refractivity contribution is 5.87. The molecule has 0 radical (unpaired) electrons. The fourth-order valence-electron chi connectivity index (χ4n) is 2.56. The van der Waals surface area contributed by atoms with Crippen molar-refractivity contribution in [3.63, 3.8) is 0 Å². The molecule has 2 bridgehead atoms. The predicted molar refractivity (Wildman–Crippen MR) is 62.5 cm³/mol. The molecule has 0 aliphatic carbocycles. The van der Waals surface area contributed by atoms with Gasteiger partial charge in [0.2, 0.25) is 5.91 Å². The Bertz CT molecular complexity index is 348. The van der Waals surface area contributed by atoms with E-state index in [0.717, 1.165) is 12.8 Å². The van der Waals surface area contributed by atoms with Crippen LogP contribution in [0.4, 0.5) is 4.79 Å². The molecule has 17 heavy (non-hydrogen) atoms. The zero-order valence-electron chi connectivity index (χ0n) is 10.9. The Morgan fingerprint density at radius 3 is 2.59 bits per heavy atom. The second kappa shape index (κ2) is 3.89. The number of carbonyl (C=O) groups excluding carboxylic acids is 2. The van der Waals surface area contributed by atoms with Crippen LogP contribution in [0.15, 0.2) is 0 Å². The summed E-state index contributed by atoms with van der Waals surface area (Å²) < 4.78 is 5.36. The van der Waals surface area contributed by atoms with Crippen LogP contribution >= 0.6 is 0 Å². The van der Waals surface area contributed by atoms with Crippen molar-refractivity contribution in [2.24, 2.45) is 0 Å². The molecule has 5 heteroatoms. The van der Waals surface area contributed by atoms with Crippen LogP contribution in [0.2, 0.25) is 0 Å². The summed E-state index contributed by atoms with van der Waals surface area (Å²) in [4.78, 5) is 27.3. The summed E-state index contributed by atoms with van der Waals surface area (Å²) in [5.41, 5.74) is -0.511. The summed E-state index contributed by atoms with van der Waals surface area (Å²) in [5, 5.41) is 0. The first-order valence-electron chi connectivity index (χ1n) is 6.06. The van der Waals surface area contributed by atoms with Gasteiger partial charge in [0.15, 0.2) is 0 Å². The number of ether oxygens (including phenoxy) is 1. The number of rotatable bonds is 0. The van der Waals surface area contributed by atoms with Crippen molar-refractivity contribution < 1.29 is 14.3 Å². The monoisotopic (exact) mass is 240 g/mol. The van der Waals surface area contributed by atoms with E-state index in [4.69, 9.17) is 4.74 Å². The van der Waals surface area contributed by atoms with Crippen LogP contribution in [-0.2, 0) is 9.53 Å². The summed E-state index contributed by atoms with van der Waals surface area (Å²) in [6, 6.07) is -0.189. The summed E-state index contributed by atoms with van der Waals surface area (Å²) in [6.45, 7) is 6.13. The van der Waals surface area contributed by atoms with Crippen molar-refractivity contribution >= 4 is 12.0 Å². The third-order valence-electron chi connectivity index (χ3n) is 3.25. The minimum absolute atomic E-state index is 0.0320. The van der Waals surface area contributed by atoms with E-state index in [1.807, 2.05) is 20.8 Å². The van der Waals surface area contributed by atoms with Gasteiger partial charge in [0.1, 0.15) is 11.6 Å². The first-order chi connectivity index (χ1) is 7.79. The van der Waals surface area contributed by atoms with Gasteiger partial charge in [-0.1, -0.05) is 0 Å². The molecule has 2 rings (SSSR count). The second-order valence-corrected chi connectivity index (χ2v) is 5.85. The maximum absolute atomic E-state index is 12.1. The molecule has 2 atom stereocenters. The predicted octanol–water partition coefficient (Wildman–Crippen LogP) is 1.23. The average molecular weight is 240 g/mol. The molecule has 2 heterocycles. The molecule has 0 unspecified atom stereocenters. The minimum Gasteiger partial charge on any atom is -0.444 e. The van der Waals surface area contributed by atoms with Crippen molar-refractivity contribution in [1.29, 1.82) is 0 Å². The fraction of sp³-hybridized carbons (Fsp3) is 0.833. The lowest BCUT2D eigenvalue weighted by atomic mass is 10.2. The van der Waals surface area contributed by atoms with Gasteiger partial charge >= 0.3 is 6.09 Å². The first kappa shape index (κ1) is 12.2. The van der Waals surface area contributed by atoms with Crippen LogP contribution in [0.25, 0.3) is 0 Å².